The molecule has 0 N–H and O–H groups in total. The molecule has 0 aliphatic carbocycles. The van der Waals surface area contributed by atoms with E-state index >= 15 is 0 Å². The SMILES string of the molecule is ClCCCc1ccc(Cl)c(Cl)c1CCl. The van der Waals surface area contributed by atoms with Crippen molar-refractivity contribution < 1.29 is 0 Å². The van der Waals surface area contributed by atoms with Crippen LogP contribution in [0, 0.1) is 0 Å². The number of halogens is 4. The molecule has 0 amide bonds. The Morgan fingerprint density at radius 2 is 1.79 bits per heavy atom. The molecule has 0 nitrogen and oxygen atoms in total. The van der Waals surface area contributed by atoms with Gasteiger partial charge in [-0.3, -0.25) is 0 Å². The molecule has 14 heavy (non-hydrogen) atoms. The molecule has 1 rings (SSSR count). The van der Waals surface area contributed by atoms with Gasteiger partial charge in [0.2, 0.25) is 0 Å². The van der Waals surface area contributed by atoms with Crippen LogP contribution in [0.1, 0.15) is 17.5 Å². The van der Waals surface area contributed by atoms with E-state index in [1.807, 2.05) is 6.07 Å². The van der Waals surface area contributed by atoms with Crippen LogP contribution in [0.15, 0.2) is 12.1 Å². The van der Waals surface area contributed by atoms with Crippen LogP contribution >= 0.6 is 46.4 Å². The van der Waals surface area contributed by atoms with Gasteiger partial charge in [0, 0.05) is 11.8 Å². The van der Waals surface area contributed by atoms with E-state index < -0.39 is 0 Å². The maximum absolute atomic E-state index is 6.03. The van der Waals surface area contributed by atoms with Crippen LogP contribution in [-0.2, 0) is 12.3 Å². The summed E-state index contributed by atoms with van der Waals surface area (Å²) >= 11 is 23.3. The summed E-state index contributed by atoms with van der Waals surface area (Å²) in [4.78, 5) is 0. The molecule has 0 bridgehead atoms. The third-order valence-corrected chi connectivity index (χ3v) is 3.38. The molecule has 0 aromatic heterocycles. The molecule has 0 aliphatic heterocycles. The number of hydrogen-bond acceptors (Lipinski definition) is 0. The van der Waals surface area contributed by atoms with Crippen LogP contribution in [0.25, 0.3) is 0 Å². The Morgan fingerprint density at radius 3 is 2.36 bits per heavy atom. The van der Waals surface area contributed by atoms with E-state index in [2.05, 4.69) is 0 Å². The van der Waals surface area contributed by atoms with E-state index in [0.29, 0.717) is 21.8 Å². The van der Waals surface area contributed by atoms with Gasteiger partial charge in [0.05, 0.1) is 10.0 Å². The number of hydrogen-bond donors (Lipinski definition) is 0. The van der Waals surface area contributed by atoms with E-state index in [4.69, 9.17) is 46.4 Å². The van der Waals surface area contributed by atoms with E-state index in [-0.39, 0.29) is 0 Å². The summed E-state index contributed by atoms with van der Waals surface area (Å²) in [5.74, 6) is 1.03. The highest BCUT2D eigenvalue weighted by Gasteiger charge is 2.09. The lowest BCUT2D eigenvalue weighted by atomic mass is 10.0. The highest BCUT2D eigenvalue weighted by atomic mass is 35.5. The lowest BCUT2D eigenvalue weighted by molar-refractivity contribution is 0.917. The molecule has 0 spiro atoms. The van der Waals surface area contributed by atoms with Crippen molar-refractivity contribution in [2.75, 3.05) is 5.88 Å². The van der Waals surface area contributed by atoms with Crippen molar-refractivity contribution in [1.82, 2.24) is 0 Å². The van der Waals surface area contributed by atoms with Crippen LogP contribution in [0.4, 0.5) is 0 Å². The average molecular weight is 272 g/mol. The number of alkyl halides is 2. The fourth-order valence-electron chi connectivity index (χ4n) is 1.27. The Hall–Kier alpha value is 0.380. The van der Waals surface area contributed by atoms with Crippen LogP contribution in [0.5, 0.6) is 0 Å². The molecule has 0 fully saturated rings. The Morgan fingerprint density at radius 1 is 1.07 bits per heavy atom. The van der Waals surface area contributed by atoms with Crippen LogP contribution in [0.2, 0.25) is 10.0 Å². The standard InChI is InChI=1S/C10H10Cl4/c11-5-1-2-7-3-4-9(13)10(14)8(7)6-12/h3-4H,1-2,5-6H2. The predicted molar refractivity (Wildman–Crippen MR) is 65.1 cm³/mol. The molecular weight excluding hydrogens is 262 g/mol. The van der Waals surface area contributed by atoms with Crippen molar-refractivity contribution in [3.8, 4) is 0 Å². The van der Waals surface area contributed by atoms with Gasteiger partial charge in [-0.05, 0) is 30.0 Å². The van der Waals surface area contributed by atoms with Crippen molar-refractivity contribution in [2.24, 2.45) is 0 Å². The van der Waals surface area contributed by atoms with Crippen molar-refractivity contribution in [3.05, 3.63) is 33.3 Å². The summed E-state index contributed by atoms with van der Waals surface area (Å²) in [7, 11) is 0. The maximum atomic E-state index is 6.03. The Labute approximate surface area is 104 Å². The molecule has 0 saturated heterocycles. The van der Waals surface area contributed by atoms with Crippen molar-refractivity contribution in [1.29, 1.82) is 0 Å². The first-order valence-corrected chi connectivity index (χ1v) is 6.11. The predicted octanol–water partition coefficient (Wildman–Crippen LogP) is 4.90. The van der Waals surface area contributed by atoms with Gasteiger partial charge in [-0.25, -0.2) is 0 Å². The minimum absolute atomic E-state index is 0.386. The third-order valence-electron chi connectivity index (χ3n) is 2.01. The smallest absolute Gasteiger partial charge is 0.0639 e. The zero-order valence-corrected chi connectivity index (χ0v) is 10.5. The second-order valence-electron chi connectivity index (χ2n) is 2.93. The van der Waals surface area contributed by atoms with Gasteiger partial charge >= 0.3 is 0 Å². The number of rotatable bonds is 4. The molecule has 0 radical (unpaired) electrons. The van der Waals surface area contributed by atoms with Crippen molar-refractivity contribution in [3.63, 3.8) is 0 Å². The number of aryl methyl sites for hydroxylation is 1. The summed E-state index contributed by atoms with van der Waals surface area (Å²) < 4.78 is 0. The molecule has 0 aliphatic rings. The van der Waals surface area contributed by atoms with Gasteiger partial charge in [0.1, 0.15) is 0 Å². The molecular formula is C10H10Cl4. The van der Waals surface area contributed by atoms with Gasteiger partial charge in [-0.15, -0.1) is 23.2 Å². The van der Waals surface area contributed by atoms with Crippen LogP contribution in [-0.4, -0.2) is 5.88 Å². The van der Waals surface area contributed by atoms with E-state index in [1.54, 1.807) is 6.07 Å². The number of benzene rings is 1. The second kappa shape index (κ2) is 6.07. The van der Waals surface area contributed by atoms with E-state index in [1.165, 1.54) is 0 Å². The first-order chi connectivity index (χ1) is 6.70. The third kappa shape index (κ3) is 2.93. The maximum Gasteiger partial charge on any atom is 0.0639 e. The Bertz CT molecular complexity index is 309. The molecule has 1 aromatic rings. The minimum atomic E-state index is 0.386. The first-order valence-electron chi connectivity index (χ1n) is 4.28. The van der Waals surface area contributed by atoms with Gasteiger partial charge in [0.25, 0.3) is 0 Å². The zero-order chi connectivity index (χ0) is 10.6. The largest absolute Gasteiger partial charge is 0.127 e. The lowest BCUT2D eigenvalue weighted by Crippen LogP contribution is -1.94. The molecule has 0 atom stereocenters. The van der Waals surface area contributed by atoms with Crippen molar-refractivity contribution >= 4 is 46.4 Å². The van der Waals surface area contributed by atoms with Crippen LogP contribution < -0.4 is 0 Å². The summed E-state index contributed by atoms with van der Waals surface area (Å²) in [5, 5.41) is 1.12. The quantitative estimate of drug-likeness (QED) is 0.683. The molecule has 0 unspecified atom stereocenters. The van der Waals surface area contributed by atoms with E-state index in [0.717, 1.165) is 24.0 Å². The summed E-state index contributed by atoms with van der Waals surface area (Å²) in [5.41, 5.74) is 2.06. The summed E-state index contributed by atoms with van der Waals surface area (Å²) in [6.45, 7) is 0. The molecule has 1 aromatic carbocycles. The first kappa shape index (κ1) is 12.4. The fraction of sp³-hybridized carbons (Fsp3) is 0.400. The van der Waals surface area contributed by atoms with Gasteiger partial charge in [-0.2, -0.15) is 0 Å². The fourth-order valence-corrected chi connectivity index (χ4v) is 2.20. The zero-order valence-electron chi connectivity index (χ0n) is 7.49. The molecule has 4 heteroatoms. The normalized spacial score (nSPS) is 10.6. The van der Waals surface area contributed by atoms with Gasteiger partial charge < -0.3 is 0 Å². The van der Waals surface area contributed by atoms with Gasteiger partial charge in [-0.1, -0.05) is 29.3 Å². The average Bonchev–Trinajstić information content (AvgIpc) is 2.20. The summed E-state index contributed by atoms with van der Waals surface area (Å²) in [6, 6.07) is 3.75. The highest BCUT2D eigenvalue weighted by molar-refractivity contribution is 6.42. The van der Waals surface area contributed by atoms with Crippen molar-refractivity contribution in [2.45, 2.75) is 18.7 Å². The molecule has 0 saturated carbocycles. The molecule has 78 valence electrons. The lowest BCUT2D eigenvalue weighted by Gasteiger charge is -2.09. The van der Waals surface area contributed by atoms with Crippen LogP contribution in [0.3, 0.4) is 0 Å². The molecule has 0 heterocycles. The highest BCUT2D eigenvalue weighted by Crippen LogP contribution is 2.30. The van der Waals surface area contributed by atoms with E-state index in [9.17, 15) is 0 Å². The Balaban J connectivity index is 2.98. The minimum Gasteiger partial charge on any atom is -0.127 e. The second-order valence-corrected chi connectivity index (χ2v) is 4.36. The summed E-state index contributed by atoms with van der Waals surface area (Å²) in [6.07, 6.45) is 1.81. The Kier molecular flexibility index (Phi) is 5.40. The topological polar surface area (TPSA) is 0 Å². The monoisotopic (exact) mass is 270 g/mol. The van der Waals surface area contributed by atoms with Gasteiger partial charge in [0.15, 0.2) is 0 Å².